The number of hydrogen-bond donors (Lipinski definition) is 0. The van der Waals surface area contributed by atoms with Gasteiger partial charge < -0.3 is 4.90 Å². The van der Waals surface area contributed by atoms with Crippen molar-refractivity contribution in [2.24, 2.45) is 0 Å². The van der Waals surface area contributed by atoms with Gasteiger partial charge >= 0.3 is 0 Å². The molecule has 0 spiro atoms. The zero-order valence-electron chi connectivity index (χ0n) is 11.0. The Bertz CT molecular complexity index is 618. The van der Waals surface area contributed by atoms with E-state index in [0.717, 1.165) is 5.56 Å². The third-order valence-corrected chi connectivity index (χ3v) is 3.22. The number of benzene rings is 1. The van der Waals surface area contributed by atoms with Gasteiger partial charge in [-0.3, -0.25) is 4.79 Å². The highest BCUT2D eigenvalue weighted by atomic mass is 35.5. The number of carbonyl (C=O) groups is 1. The van der Waals surface area contributed by atoms with Crippen molar-refractivity contribution >= 4 is 17.5 Å². The molecule has 1 aromatic heterocycles. The second-order valence-corrected chi connectivity index (χ2v) is 4.65. The van der Waals surface area contributed by atoms with Crippen molar-refractivity contribution in [1.82, 2.24) is 9.88 Å². The topological polar surface area (TPSA) is 33.2 Å². The fourth-order valence-electron chi connectivity index (χ4n) is 1.90. The number of amides is 1. The van der Waals surface area contributed by atoms with E-state index in [2.05, 4.69) is 4.98 Å². The van der Waals surface area contributed by atoms with Gasteiger partial charge in [0.15, 0.2) is 0 Å². The van der Waals surface area contributed by atoms with E-state index < -0.39 is 0 Å². The van der Waals surface area contributed by atoms with Crippen molar-refractivity contribution < 1.29 is 9.18 Å². The van der Waals surface area contributed by atoms with Crippen molar-refractivity contribution in [1.29, 1.82) is 0 Å². The van der Waals surface area contributed by atoms with Crippen LogP contribution in [0.25, 0.3) is 0 Å². The Kier molecular flexibility index (Phi) is 4.69. The smallest absolute Gasteiger partial charge is 0.257 e. The minimum atomic E-state index is -0.314. The maximum Gasteiger partial charge on any atom is 0.257 e. The highest BCUT2D eigenvalue weighted by Crippen LogP contribution is 2.16. The van der Waals surface area contributed by atoms with Crippen LogP contribution in [0.15, 0.2) is 42.6 Å². The number of halogens is 2. The highest BCUT2D eigenvalue weighted by molar-refractivity contribution is 6.32. The van der Waals surface area contributed by atoms with Crippen LogP contribution in [-0.2, 0) is 6.54 Å². The van der Waals surface area contributed by atoms with Gasteiger partial charge in [-0.2, -0.15) is 0 Å². The zero-order chi connectivity index (χ0) is 14.5. The third kappa shape index (κ3) is 3.33. The first-order chi connectivity index (χ1) is 9.61. The number of hydrogen-bond acceptors (Lipinski definition) is 2. The quantitative estimate of drug-likeness (QED) is 0.808. The van der Waals surface area contributed by atoms with E-state index in [4.69, 9.17) is 11.6 Å². The predicted molar refractivity (Wildman–Crippen MR) is 76.1 cm³/mol. The molecule has 0 saturated heterocycles. The van der Waals surface area contributed by atoms with Crippen LogP contribution in [-0.4, -0.2) is 22.3 Å². The number of carbonyl (C=O) groups excluding carboxylic acids is 1. The lowest BCUT2D eigenvalue weighted by molar-refractivity contribution is 0.0752. The molecule has 2 aromatic rings. The first-order valence-electron chi connectivity index (χ1n) is 6.26. The van der Waals surface area contributed by atoms with Gasteiger partial charge in [-0.15, -0.1) is 0 Å². The molecule has 2 rings (SSSR count). The molecular weight excluding hydrogens is 279 g/mol. The number of rotatable bonds is 4. The lowest BCUT2D eigenvalue weighted by Crippen LogP contribution is -2.30. The summed E-state index contributed by atoms with van der Waals surface area (Å²) in [7, 11) is 0. The average Bonchev–Trinajstić information content (AvgIpc) is 2.44. The maximum absolute atomic E-state index is 13.2. The molecule has 0 radical (unpaired) electrons. The van der Waals surface area contributed by atoms with Gasteiger partial charge in [0, 0.05) is 19.3 Å². The monoisotopic (exact) mass is 292 g/mol. The normalized spacial score (nSPS) is 10.3. The molecule has 0 bridgehead atoms. The Labute approximate surface area is 122 Å². The van der Waals surface area contributed by atoms with Crippen molar-refractivity contribution in [3.05, 3.63) is 64.7 Å². The molecule has 0 aliphatic carbocycles. The SMILES string of the molecule is CCN(Cc1cccc(F)c1)C(=O)c1cccnc1Cl. The van der Waals surface area contributed by atoms with E-state index in [0.29, 0.717) is 18.7 Å². The van der Waals surface area contributed by atoms with Crippen LogP contribution in [0.4, 0.5) is 4.39 Å². The maximum atomic E-state index is 13.2. The molecule has 0 fully saturated rings. The summed E-state index contributed by atoms with van der Waals surface area (Å²) < 4.78 is 13.2. The fourth-order valence-corrected chi connectivity index (χ4v) is 2.10. The second kappa shape index (κ2) is 6.48. The molecule has 1 aromatic carbocycles. The van der Waals surface area contributed by atoms with Gasteiger partial charge in [0.25, 0.3) is 5.91 Å². The van der Waals surface area contributed by atoms with Crippen LogP contribution in [0, 0.1) is 5.82 Å². The molecule has 0 atom stereocenters. The predicted octanol–water partition coefficient (Wildman–Crippen LogP) is 3.54. The Balaban J connectivity index is 2.20. The Morgan fingerprint density at radius 3 is 2.80 bits per heavy atom. The van der Waals surface area contributed by atoms with Gasteiger partial charge in [-0.05, 0) is 36.8 Å². The van der Waals surface area contributed by atoms with Crippen molar-refractivity contribution in [2.45, 2.75) is 13.5 Å². The molecule has 0 saturated carbocycles. The standard InChI is InChI=1S/C15H14ClFN2O/c1-2-19(10-11-5-3-6-12(17)9-11)15(20)13-7-4-8-18-14(13)16/h3-9H,2,10H2,1H3. The van der Waals surface area contributed by atoms with Gasteiger partial charge in [0.05, 0.1) is 5.56 Å². The van der Waals surface area contributed by atoms with E-state index in [-0.39, 0.29) is 16.9 Å². The molecule has 0 N–H and O–H groups in total. The van der Waals surface area contributed by atoms with Crippen molar-refractivity contribution in [3.8, 4) is 0 Å². The molecule has 20 heavy (non-hydrogen) atoms. The first-order valence-corrected chi connectivity index (χ1v) is 6.64. The van der Waals surface area contributed by atoms with Crippen LogP contribution in [0.3, 0.4) is 0 Å². The Hall–Kier alpha value is -1.94. The van der Waals surface area contributed by atoms with Crippen LogP contribution >= 0.6 is 11.6 Å². The molecule has 0 aliphatic heterocycles. The van der Waals surface area contributed by atoms with Gasteiger partial charge in [0.2, 0.25) is 0 Å². The van der Waals surface area contributed by atoms with Crippen LogP contribution in [0.1, 0.15) is 22.8 Å². The largest absolute Gasteiger partial charge is 0.335 e. The Morgan fingerprint density at radius 2 is 2.15 bits per heavy atom. The van der Waals surface area contributed by atoms with Gasteiger partial charge in [-0.1, -0.05) is 23.7 Å². The van der Waals surface area contributed by atoms with E-state index in [1.165, 1.54) is 18.3 Å². The van der Waals surface area contributed by atoms with Crippen LogP contribution in [0.2, 0.25) is 5.15 Å². The zero-order valence-corrected chi connectivity index (χ0v) is 11.8. The summed E-state index contributed by atoms with van der Waals surface area (Å²) in [5.41, 5.74) is 1.09. The van der Waals surface area contributed by atoms with E-state index in [1.807, 2.05) is 6.92 Å². The number of aromatic nitrogens is 1. The third-order valence-electron chi connectivity index (χ3n) is 2.92. The van der Waals surface area contributed by atoms with E-state index in [9.17, 15) is 9.18 Å². The lowest BCUT2D eigenvalue weighted by atomic mass is 10.2. The second-order valence-electron chi connectivity index (χ2n) is 4.29. The summed E-state index contributed by atoms with van der Waals surface area (Å²) >= 11 is 5.93. The first kappa shape index (κ1) is 14.5. The van der Waals surface area contributed by atoms with Gasteiger partial charge in [0.1, 0.15) is 11.0 Å². The molecule has 5 heteroatoms. The molecule has 0 unspecified atom stereocenters. The molecule has 104 valence electrons. The number of pyridine rings is 1. The van der Waals surface area contributed by atoms with E-state index in [1.54, 1.807) is 29.2 Å². The van der Waals surface area contributed by atoms with E-state index >= 15 is 0 Å². The molecule has 1 heterocycles. The van der Waals surface area contributed by atoms with Crippen LogP contribution in [0.5, 0.6) is 0 Å². The minimum absolute atomic E-state index is 0.176. The average molecular weight is 293 g/mol. The van der Waals surface area contributed by atoms with Crippen molar-refractivity contribution in [2.75, 3.05) is 6.54 Å². The van der Waals surface area contributed by atoms with Crippen LogP contribution < -0.4 is 0 Å². The number of nitrogens with zero attached hydrogens (tertiary/aromatic N) is 2. The highest BCUT2D eigenvalue weighted by Gasteiger charge is 2.17. The lowest BCUT2D eigenvalue weighted by Gasteiger charge is -2.21. The molecule has 1 amide bonds. The summed E-state index contributed by atoms with van der Waals surface area (Å²) in [6, 6.07) is 9.49. The summed E-state index contributed by atoms with van der Waals surface area (Å²) in [5, 5.41) is 0.176. The molecule has 3 nitrogen and oxygen atoms in total. The van der Waals surface area contributed by atoms with Gasteiger partial charge in [-0.25, -0.2) is 9.37 Å². The Morgan fingerprint density at radius 1 is 1.35 bits per heavy atom. The molecule has 0 aliphatic rings. The summed E-state index contributed by atoms with van der Waals surface area (Å²) in [6.45, 7) is 2.69. The summed E-state index contributed by atoms with van der Waals surface area (Å²) in [4.78, 5) is 17.9. The minimum Gasteiger partial charge on any atom is -0.335 e. The van der Waals surface area contributed by atoms with Crippen molar-refractivity contribution in [3.63, 3.8) is 0 Å². The summed E-state index contributed by atoms with van der Waals surface area (Å²) in [5.74, 6) is -0.528. The fraction of sp³-hybridized carbons (Fsp3) is 0.200. The summed E-state index contributed by atoms with van der Waals surface area (Å²) in [6.07, 6.45) is 1.53. The molecular formula is C15H14ClFN2O.